The number of ether oxygens (including phenoxy) is 1. The molecule has 3 N–H and O–H groups in total. The minimum atomic E-state index is -0.300. The smallest absolute Gasteiger partial charge is 0.234 e. The van der Waals surface area contributed by atoms with Crippen molar-refractivity contribution in [3.63, 3.8) is 0 Å². The summed E-state index contributed by atoms with van der Waals surface area (Å²) in [7, 11) is 0. The van der Waals surface area contributed by atoms with Gasteiger partial charge in [0.25, 0.3) is 0 Å². The Bertz CT molecular complexity index is 160. The van der Waals surface area contributed by atoms with Crippen LogP contribution in [-0.2, 0) is 9.53 Å². The first-order valence-corrected chi connectivity index (χ1v) is 5.22. The molecule has 0 saturated heterocycles. The van der Waals surface area contributed by atoms with Gasteiger partial charge >= 0.3 is 0 Å². The van der Waals surface area contributed by atoms with Gasteiger partial charge < -0.3 is 15.8 Å². The standard InChI is InChI=1S/C10H22N2O2/c1-4-6-12-9(10(11)13)5-7-14-8(2)3/h8-9,12H,4-7H2,1-3H3,(H2,11,13). The fraction of sp³-hybridized carbons (Fsp3) is 0.900. The zero-order valence-electron chi connectivity index (χ0n) is 9.38. The largest absolute Gasteiger partial charge is 0.379 e. The van der Waals surface area contributed by atoms with E-state index in [2.05, 4.69) is 12.2 Å². The molecule has 0 aliphatic carbocycles. The molecule has 0 aromatic carbocycles. The van der Waals surface area contributed by atoms with Gasteiger partial charge in [0.05, 0.1) is 12.1 Å². The van der Waals surface area contributed by atoms with Crippen molar-refractivity contribution in [2.45, 2.75) is 45.8 Å². The molecule has 14 heavy (non-hydrogen) atoms. The highest BCUT2D eigenvalue weighted by atomic mass is 16.5. The van der Waals surface area contributed by atoms with Gasteiger partial charge in [-0.2, -0.15) is 0 Å². The highest BCUT2D eigenvalue weighted by Gasteiger charge is 2.13. The minimum absolute atomic E-state index is 0.203. The predicted octanol–water partition coefficient (Wildman–Crippen LogP) is 0.655. The molecule has 0 aliphatic heterocycles. The number of hydrogen-bond donors (Lipinski definition) is 2. The maximum Gasteiger partial charge on any atom is 0.234 e. The summed E-state index contributed by atoms with van der Waals surface area (Å²) in [6.45, 7) is 7.38. The molecule has 4 heteroatoms. The van der Waals surface area contributed by atoms with E-state index in [0.717, 1.165) is 13.0 Å². The van der Waals surface area contributed by atoms with Gasteiger partial charge in [-0.1, -0.05) is 6.92 Å². The Morgan fingerprint density at radius 3 is 2.57 bits per heavy atom. The summed E-state index contributed by atoms with van der Waals surface area (Å²) < 4.78 is 5.35. The van der Waals surface area contributed by atoms with Gasteiger partial charge in [-0.3, -0.25) is 4.79 Å². The van der Waals surface area contributed by atoms with Crippen LogP contribution in [0, 0.1) is 0 Å². The topological polar surface area (TPSA) is 64.3 Å². The molecule has 0 aliphatic rings. The first-order chi connectivity index (χ1) is 6.57. The Balaban J connectivity index is 3.68. The number of carbonyl (C=O) groups excluding carboxylic acids is 1. The summed E-state index contributed by atoms with van der Waals surface area (Å²) in [5.74, 6) is -0.300. The van der Waals surface area contributed by atoms with Crippen LogP contribution < -0.4 is 11.1 Å². The van der Waals surface area contributed by atoms with Crippen LogP contribution in [0.1, 0.15) is 33.6 Å². The monoisotopic (exact) mass is 202 g/mol. The summed E-state index contributed by atoms with van der Waals surface area (Å²) in [5, 5.41) is 3.09. The number of rotatable bonds is 8. The second kappa shape index (κ2) is 7.76. The Hall–Kier alpha value is -0.610. The lowest BCUT2D eigenvalue weighted by Crippen LogP contribution is -2.42. The van der Waals surface area contributed by atoms with E-state index in [0.29, 0.717) is 13.0 Å². The maximum absolute atomic E-state index is 11.0. The predicted molar refractivity (Wildman–Crippen MR) is 57.0 cm³/mol. The SMILES string of the molecule is CCCNC(CCOC(C)C)C(N)=O. The number of carbonyl (C=O) groups is 1. The minimum Gasteiger partial charge on any atom is -0.379 e. The summed E-state index contributed by atoms with van der Waals surface area (Å²) in [4.78, 5) is 11.0. The molecule has 0 radical (unpaired) electrons. The van der Waals surface area contributed by atoms with Gasteiger partial charge in [0.15, 0.2) is 0 Å². The first-order valence-electron chi connectivity index (χ1n) is 5.22. The van der Waals surface area contributed by atoms with Crippen molar-refractivity contribution in [3.8, 4) is 0 Å². The summed E-state index contributed by atoms with van der Waals surface area (Å²) in [6, 6.07) is -0.256. The van der Waals surface area contributed by atoms with Crippen molar-refractivity contribution in [2.75, 3.05) is 13.2 Å². The fourth-order valence-electron chi connectivity index (χ4n) is 1.09. The van der Waals surface area contributed by atoms with Crippen LogP contribution >= 0.6 is 0 Å². The van der Waals surface area contributed by atoms with Crippen LogP contribution in [0.2, 0.25) is 0 Å². The van der Waals surface area contributed by atoms with E-state index in [1.54, 1.807) is 0 Å². The van der Waals surface area contributed by atoms with Gasteiger partial charge in [0, 0.05) is 6.61 Å². The molecule has 0 spiro atoms. The van der Waals surface area contributed by atoms with E-state index in [9.17, 15) is 4.79 Å². The molecule has 1 atom stereocenters. The normalized spacial score (nSPS) is 13.1. The number of nitrogens with two attached hydrogens (primary N) is 1. The molecule has 0 aromatic heterocycles. The zero-order chi connectivity index (χ0) is 11.0. The zero-order valence-corrected chi connectivity index (χ0v) is 9.38. The molecular weight excluding hydrogens is 180 g/mol. The van der Waals surface area contributed by atoms with Crippen molar-refractivity contribution in [3.05, 3.63) is 0 Å². The highest BCUT2D eigenvalue weighted by Crippen LogP contribution is 1.96. The van der Waals surface area contributed by atoms with Gasteiger partial charge in [-0.25, -0.2) is 0 Å². The third kappa shape index (κ3) is 6.86. The molecule has 4 nitrogen and oxygen atoms in total. The lowest BCUT2D eigenvalue weighted by Gasteiger charge is -2.15. The van der Waals surface area contributed by atoms with Crippen molar-refractivity contribution < 1.29 is 9.53 Å². The summed E-state index contributed by atoms with van der Waals surface area (Å²) in [6.07, 6.45) is 1.84. The number of primary amides is 1. The Morgan fingerprint density at radius 1 is 1.50 bits per heavy atom. The molecule has 0 rings (SSSR count). The van der Waals surface area contributed by atoms with Crippen molar-refractivity contribution in [2.24, 2.45) is 5.73 Å². The Morgan fingerprint density at radius 2 is 2.14 bits per heavy atom. The number of amides is 1. The van der Waals surface area contributed by atoms with E-state index < -0.39 is 0 Å². The van der Waals surface area contributed by atoms with E-state index in [-0.39, 0.29) is 18.1 Å². The molecule has 84 valence electrons. The van der Waals surface area contributed by atoms with Crippen LogP contribution in [0.4, 0.5) is 0 Å². The van der Waals surface area contributed by atoms with Gasteiger partial charge in [0.1, 0.15) is 0 Å². The third-order valence-electron chi connectivity index (χ3n) is 1.84. The van der Waals surface area contributed by atoms with Gasteiger partial charge in [0.2, 0.25) is 5.91 Å². The van der Waals surface area contributed by atoms with Crippen LogP contribution in [0.15, 0.2) is 0 Å². The van der Waals surface area contributed by atoms with E-state index >= 15 is 0 Å². The van der Waals surface area contributed by atoms with Crippen molar-refractivity contribution in [1.82, 2.24) is 5.32 Å². The van der Waals surface area contributed by atoms with E-state index in [1.807, 2.05) is 13.8 Å². The molecule has 0 saturated carbocycles. The highest BCUT2D eigenvalue weighted by molar-refractivity contribution is 5.79. The summed E-state index contributed by atoms with van der Waals surface area (Å²) >= 11 is 0. The fourth-order valence-corrected chi connectivity index (χ4v) is 1.09. The number of nitrogens with one attached hydrogen (secondary N) is 1. The lowest BCUT2D eigenvalue weighted by atomic mass is 10.2. The van der Waals surface area contributed by atoms with Crippen molar-refractivity contribution >= 4 is 5.91 Å². The van der Waals surface area contributed by atoms with E-state index in [4.69, 9.17) is 10.5 Å². The average molecular weight is 202 g/mol. The second-order valence-corrected chi connectivity index (χ2v) is 3.62. The van der Waals surface area contributed by atoms with Crippen LogP contribution in [0.5, 0.6) is 0 Å². The molecule has 1 unspecified atom stereocenters. The van der Waals surface area contributed by atoms with Crippen LogP contribution in [0.25, 0.3) is 0 Å². The van der Waals surface area contributed by atoms with Crippen molar-refractivity contribution in [1.29, 1.82) is 0 Å². The average Bonchev–Trinajstić information content (AvgIpc) is 2.09. The molecule has 0 bridgehead atoms. The first kappa shape index (κ1) is 13.4. The Kier molecular flexibility index (Phi) is 7.42. The molecular formula is C10H22N2O2. The number of hydrogen-bond acceptors (Lipinski definition) is 3. The second-order valence-electron chi connectivity index (χ2n) is 3.62. The summed E-state index contributed by atoms with van der Waals surface area (Å²) in [5.41, 5.74) is 5.24. The molecule has 1 amide bonds. The van der Waals surface area contributed by atoms with E-state index in [1.165, 1.54) is 0 Å². The van der Waals surface area contributed by atoms with Gasteiger partial charge in [-0.05, 0) is 33.2 Å². The quantitative estimate of drug-likeness (QED) is 0.607. The molecule has 0 aromatic rings. The molecule has 0 fully saturated rings. The van der Waals surface area contributed by atoms with Crippen LogP contribution in [0.3, 0.4) is 0 Å². The van der Waals surface area contributed by atoms with Gasteiger partial charge in [-0.15, -0.1) is 0 Å². The third-order valence-corrected chi connectivity index (χ3v) is 1.84. The lowest BCUT2D eigenvalue weighted by molar-refractivity contribution is -0.120. The Labute approximate surface area is 86.2 Å². The molecule has 0 heterocycles. The van der Waals surface area contributed by atoms with Crippen LogP contribution in [-0.4, -0.2) is 31.2 Å². The maximum atomic E-state index is 11.0.